The number of hydrogen-bond donors (Lipinski definition) is 0. The maximum absolute atomic E-state index is 10.9. The van der Waals surface area contributed by atoms with Gasteiger partial charge >= 0.3 is 0 Å². The minimum absolute atomic E-state index is 0.0365. The van der Waals surface area contributed by atoms with Gasteiger partial charge in [-0.2, -0.15) is 0 Å². The van der Waals surface area contributed by atoms with Crippen LogP contribution in [-0.4, -0.2) is 16.1 Å². The van der Waals surface area contributed by atoms with E-state index in [-0.39, 0.29) is 5.69 Å². The Labute approximate surface area is 155 Å². The summed E-state index contributed by atoms with van der Waals surface area (Å²) in [7, 11) is 0. The molecule has 0 atom stereocenters. The predicted octanol–water partition coefficient (Wildman–Crippen LogP) is 5.46. The summed E-state index contributed by atoms with van der Waals surface area (Å²) in [4.78, 5) is 19.4. The van der Waals surface area contributed by atoms with Crippen LogP contribution in [0.3, 0.4) is 0 Å². The molecule has 4 rings (SSSR count). The second-order valence-corrected chi connectivity index (χ2v) is 6.15. The molecule has 0 saturated carbocycles. The van der Waals surface area contributed by atoms with E-state index < -0.39 is 4.92 Å². The van der Waals surface area contributed by atoms with Crippen LogP contribution in [-0.2, 0) is 0 Å². The highest BCUT2D eigenvalue weighted by Gasteiger charge is 2.09. The van der Waals surface area contributed by atoms with Crippen molar-refractivity contribution in [3.05, 3.63) is 88.0 Å². The van der Waals surface area contributed by atoms with Gasteiger partial charge in [-0.3, -0.25) is 15.1 Å². The van der Waals surface area contributed by atoms with Crippen LogP contribution < -0.4 is 0 Å². The van der Waals surface area contributed by atoms with Gasteiger partial charge < -0.3 is 4.42 Å². The van der Waals surface area contributed by atoms with Gasteiger partial charge in [0.1, 0.15) is 5.52 Å². The molecule has 1 heterocycles. The molecule has 6 nitrogen and oxygen atoms in total. The maximum Gasteiger partial charge on any atom is 0.270 e. The van der Waals surface area contributed by atoms with E-state index in [1.165, 1.54) is 12.1 Å². The summed E-state index contributed by atoms with van der Waals surface area (Å²) in [5.74, 6) is 0.531. The monoisotopic (exact) mass is 357 g/mol. The molecule has 0 saturated heterocycles. The van der Waals surface area contributed by atoms with Crippen LogP contribution in [0.5, 0.6) is 0 Å². The lowest BCUT2D eigenvalue weighted by Gasteiger charge is -1.98. The Balaban J connectivity index is 1.64. The summed E-state index contributed by atoms with van der Waals surface area (Å²) < 4.78 is 5.86. The van der Waals surface area contributed by atoms with Crippen LogP contribution in [0.1, 0.15) is 11.1 Å². The Morgan fingerprint density at radius 3 is 2.78 bits per heavy atom. The van der Waals surface area contributed by atoms with E-state index in [1.54, 1.807) is 18.3 Å². The van der Waals surface area contributed by atoms with Gasteiger partial charge in [0.2, 0.25) is 5.89 Å². The zero-order valence-electron chi connectivity index (χ0n) is 14.5. The van der Waals surface area contributed by atoms with E-state index in [9.17, 15) is 10.1 Å². The van der Waals surface area contributed by atoms with E-state index in [4.69, 9.17) is 4.42 Å². The van der Waals surface area contributed by atoms with Crippen molar-refractivity contribution < 1.29 is 9.34 Å². The fraction of sp³-hybridized carbons (Fsp3) is 0.0476. The van der Waals surface area contributed by atoms with E-state index in [2.05, 4.69) is 9.98 Å². The summed E-state index contributed by atoms with van der Waals surface area (Å²) in [5.41, 5.74) is 4.88. The normalized spacial score (nSPS) is 11.3. The molecular formula is C21H15N3O3. The first-order valence-electron chi connectivity index (χ1n) is 8.35. The number of oxazole rings is 1. The van der Waals surface area contributed by atoms with Gasteiger partial charge in [-0.1, -0.05) is 24.3 Å². The highest BCUT2D eigenvalue weighted by Crippen LogP contribution is 2.27. The Morgan fingerprint density at radius 2 is 1.93 bits per heavy atom. The lowest BCUT2D eigenvalue weighted by Crippen LogP contribution is -1.89. The van der Waals surface area contributed by atoms with Gasteiger partial charge in [0, 0.05) is 23.9 Å². The third-order valence-corrected chi connectivity index (χ3v) is 4.08. The second-order valence-electron chi connectivity index (χ2n) is 6.15. The first-order valence-corrected chi connectivity index (χ1v) is 8.35. The number of hydrogen-bond acceptors (Lipinski definition) is 5. The molecule has 0 aliphatic heterocycles. The molecule has 0 aliphatic rings. The summed E-state index contributed by atoms with van der Waals surface area (Å²) in [5, 5.41) is 10.9. The number of aryl methyl sites for hydroxylation is 1. The highest BCUT2D eigenvalue weighted by molar-refractivity contribution is 5.83. The Bertz CT molecular complexity index is 1180. The molecule has 1 aromatic heterocycles. The summed E-state index contributed by atoms with van der Waals surface area (Å²) in [6.45, 7) is 2.00. The number of nitrogens with zero attached hydrogens (tertiary/aromatic N) is 3. The lowest BCUT2D eigenvalue weighted by molar-refractivity contribution is -0.384. The lowest BCUT2D eigenvalue weighted by atomic mass is 10.2. The predicted molar refractivity (Wildman–Crippen MR) is 105 cm³/mol. The van der Waals surface area contributed by atoms with Gasteiger partial charge in [0.05, 0.1) is 10.6 Å². The molecular weight excluding hydrogens is 342 g/mol. The molecule has 132 valence electrons. The maximum atomic E-state index is 10.9. The fourth-order valence-corrected chi connectivity index (χ4v) is 2.74. The first-order chi connectivity index (χ1) is 13.1. The Morgan fingerprint density at radius 1 is 1.07 bits per heavy atom. The van der Waals surface area contributed by atoms with Crippen molar-refractivity contribution in [3.8, 4) is 11.5 Å². The third-order valence-electron chi connectivity index (χ3n) is 4.08. The molecule has 0 radical (unpaired) electrons. The van der Waals surface area contributed by atoms with Crippen LogP contribution in [0.4, 0.5) is 11.4 Å². The Hall–Kier alpha value is -3.80. The number of fused-ring (bicyclic) bond motifs is 1. The molecule has 4 aromatic rings. The molecule has 0 amide bonds. The molecule has 0 spiro atoms. The van der Waals surface area contributed by atoms with Crippen molar-refractivity contribution in [2.75, 3.05) is 0 Å². The summed E-state index contributed by atoms with van der Waals surface area (Å²) in [6, 6.07) is 19.7. The van der Waals surface area contributed by atoms with Crippen molar-refractivity contribution in [2.45, 2.75) is 6.92 Å². The quantitative estimate of drug-likeness (QED) is 0.276. The van der Waals surface area contributed by atoms with Crippen LogP contribution in [0.2, 0.25) is 0 Å². The molecule has 6 heteroatoms. The van der Waals surface area contributed by atoms with Crippen molar-refractivity contribution in [1.29, 1.82) is 0 Å². The number of aromatic nitrogens is 1. The fourth-order valence-electron chi connectivity index (χ4n) is 2.74. The van der Waals surface area contributed by atoms with E-state index in [0.29, 0.717) is 17.1 Å². The highest BCUT2D eigenvalue weighted by atomic mass is 16.6. The van der Waals surface area contributed by atoms with E-state index in [1.807, 2.05) is 49.4 Å². The van der Waals surface area contributed by atoms with Crippen molar-refractivity contribution >= 4 is 28.7 Å². The molecule has 27 heavy (non-hydrogen) atoms. The van der Waals surface area contributed by atoms with Crippen LogP contribution in [0, 0.1) is 17.0 Å². The molecule has 0 N–H and O–H groups in total. The van der Waals surface area contributed by atoms with Gasteiger partial charge in [-0.15, -0.1) is 0 Å². The Kier molecular flexibility index (Phi) is 4.22. The average Bonchev–Trinajstić information content (AvgIpc) is 3.10. The number of benzene rings is 3. The second kappa shape index (κ2) is 6.84. The van der Waals surface area contributed by atoms with Gasteiger partial charge in [0.25, 0.3) is 5.69 Å². The van der Waals surface area contributed by atoms with Gasteiger partial charge in [-0.05, 0) is 48.4 Å². The molecule has 3 aromatic carbocycles. The number of nitro groups is 1. The minimum Gasteiger partial charge on any atom is -0.436 e. The van der Waals surface area contributed by atoms with Gasteiger partial charge in [0.15, 0.2) is 5.58 Å². The summed E-state index contributed by atoms with van der Waals surface area (Å²) in [6.07, 6.45) is 1.60. The number of nitro benzene ring substituents is 1. The van der Waals surface area contributed by atoms with Crippen LogP contribution >= 0.6 is 0 Å². The standard InChI is InChI=1S/C21H15N3O3/c1-14-8-9-19-20(10-14)27-21(23-19)16-5-3-6-17(12-16)22-13-15-4-2-7-18(11-15)24(25)26/h2-13H,1H3. The number of aliphatic imine (C=N–C) groups is 1. The molecule has 0 unspecified atom stereocenters. The number of rotatable bonds is 4. The van der Waals surface area contributed by atoms with Crippen molar-refractivity contribution in [1.82, 2.24) is 4.98 Å². The van der Waals surface area contributed by atoms with Crippen molar-refractivity contribution in [2.24, 2.45) is 4.99 Å². The largest absolute Gasteiger partial charge is 0.436 e. The SMILES string of the molecule is Cc1ccc2nc(-c3cccc(N=Cc4cccc([N+](=O)[O-])c4)c3)oc2c1. The van der Waals surface area contributed by atoms with Crippen LogP contribution in [0.25, 0.3) is 22.6 Å². The molecule has 0 bridgehead atoms. The zero-order valence-corrected chi connectivity index (χ0v) is 14.5. The molecule has 0 aliphatic carbocycles. The van der Waals surface area contributed by atoms with Crippen molar-refractivity contribution in [3.63, 3.8) is 0 Å². The first kappa shape index (κ1) is 16.7. The average molecular weight is 357 g/mol. The third kappa shape index (κ3) is 3.59. The van der Waals surface area contributed by atoms with Gasteiger partial charge in [-0.25, -0.2) is 4.98 Å². The topological polar surface area (TPSA) is 81.5 Å². The van der Waals surface area contributed by atoms with E-state index >= 15 is 0 Å². The minimum atomic E-state index is -0.424. The molecule has 0 fully saturated rings. The zero-order chi connectivity index (χ0) is 18.8. The number of non-ortho nitro benzene ring substituents is 1. The van der Waals surface area contributed by atoms with E-state index in [0.717, 1.165) is 22.2 Å². The van der Waals surface area contributed by atoms with Crippen LogP contribution in [0.15, 0.2) is 76.1 Å². The summed E-state index contributed by atoms with van der Waals surface area (Å²) >= 11 is 0. The smallest absolute Gasteiger partial charge is 0.270 e.